The van der Waals surface area contributed by atoms with E-state index in [2.05, 4.69) is 4.72 Å². The van der Waals surface area contributed by atoms with Crippen molar-refractivity contribution in [1.82, 2.24) is 4.72 Å². The Morgan fingerprint density at radius 1 is 1.29 bits per heavy atom. The van der Waals surface area contributed by atoms with Gasteiger partial charge in [0.1, 0.15) is 12.4 Å². The first-order valence-corrected chi connectivity index (χ1v) is 7.56. The van der Waals surface area contributed by atoms with E-state index >= 15 is 0 Å². The third-order valence-electron chi connectivity index (χ3n) is 2.40. The van der Waals surface area contributed by atoms with Crippen molar-refractivity contribution in [3.63, 3.8) is 0 Å². The molecule has 0 radical (unpaired) electrons. The minimum Gasteiger partial charge on any atom is -0.488 e. The van der Waals surface area contributed by atoms with E-state index in [1.807, 2.05) is 0 Å². The van der Waals surface area contributed by atoms with Crippen LogP contribution >= 0.6 is 12.4 Å². The second-order valence-electron chi connectivity index (χ2n) is 4.34. The van der Waals surface area contributed by atoms with Crippen LogP contribution in [0.5, 0.6) is 5.75 Å². The summed E-state index contributed by atoms with van der Waals surface area (Å²) in [6.45, 7) is 1.30. The Bertz CT molecular complexity index is 510. The molecule has 0 aliphatic carbocycles. The standard InChI is InChI=1S/C12H18F2N2O3S.ClH/c1-9(15)6-7-16-20(17,18)11-4-2-10(3-5-11)19-8-12(13)14;/h2-5,9,12,16H,6-8,15H2,1H3;1H. The largest absolute Gasteiger partial charge is 0.488 e. The molecular weight excluding hydrogens is 326 g/mol. The molecule has 122 valence electrons. The molecule has 3 N–H and O–H groups in total. The summed E-state index contributed by atoms with van der Waals surface area (Å²) in [6.07, 6.45) is -2.05. The predicted octanol–water partition coefficient (Wildman–Crippen LogP) is 1.77. The van der Waals surface area contributed by atoms with E-state index in [4.69, 9.17) is 10.5 Å². The number of ether oxygens (including phenoxy) is 1. The first-order chi connectivity index (χ1) is 9.31. The van der Waals surface area contributed by atoms with Crippen LogP contribution in [0.15, 0.2) is 29.2 Å². The molecule has 0 aliphatic rings. The van der Waals surface area contributed by atoms with Gasteiger partial charge in [0.05, 0.1) is 4.90 Å². The maximum atomic E-state index is 12.0. The van der Waals surface area contributed by atoms with Crippen LogP contribution in [0.1, 0.15) is 13.3 Å². The van der Waals surface area contributed by atoms with Crippen LogP contribution in [0.2, 0.25) is 0 Å². The maximum absolute atomic E-state index is 12.0. The average Bonchev–Trinajstić information content (AvgIpc) is 2.36. The lowest BCUT2D eigenvalue weighted by Crippen LogP contribution is -2.29. The molecule has 0 saturated carbocycles. The van der Waals surface area contributed by atoms with Gasteiger partial charge in [0, 0.05) is 12.6 Å². The Morgan fingerprint density at radius 3 is 2.33 bits per heavy atom. The zero-order valence-corrected chi connectivity index (χ0v) is 13.1. The normalized spacial score (nSPS) is 12.8. The van der Waals surface area contributed by atoms with Crippen LogP contribution in [0.4, 0.5) is 8.78 Å². The first-order valence-electron chi connectivity index (χ1n) is 6.07. The molecule has 0 amide bonds. The zero-order chi connectivity index (χ0) is 15.2. The van der Waals surface area contributed by atoms with E-state index in [1.165, 1.54) is 24.3 Å². The summed E-state index contributed by atoms with van der Waals surface area (Å²) in [6, 6.07) is 5.18. The lowest BCUT2D eigenvalue weighted by atomic mass is 10.3. The molecular formula is C12H19ClF2N2O3S. The molecule has 0 aliphatic heterocycles. The molecule has 0 heterocycles. The van der Waals surface area contributed by atoms with Gasteiger partial charge in [0.2, 0.25) is 10.0 Å². The molecule has 1 unspecified atom stereocenters. The average molecular weight is 345 g/mol. The third-order valence-corrected chi connectivity index (χ3v) is 3.88. The van der Waals surface area contributed by atoms with E-state index < -0.39 is 23.1 Å². The summed E-state index contributed by atoms with van der Waals surface area (Å²) >= 11 is 0. The fourth-order valence-electron chi connectivity index (χ4n) is 1.38. The van der Waals surface area contributed by atoms with E-state index in [9.17, 15) is 17.2 Å². The van der Waals surface area contributed by atoms with Crippen molar-refractivity contribution in [1.29, 1.82) is 0 Å². The highest BCUT2D eigenvalue weighted by molar-refractivity contribution is 7.89. The number of nitrogens with one attached hydrogen (secondary N) is 1. The number of hydrogen-bond donors (Lipinski definition) is 2. The number of rotatable bonds is 8. The molecule has 0 spiro atoms. The fraction of sp³-hybridized carbons (Fsp3) is 0.500. The lowest BCUT2D eigenvalue weighted by Gasteiger charge is -2.09. The van der Waals surface area contributed by atoms with Crippen LogP contribution in [0.25, 0.3) is 0 Å². The van der Waals surface area contributed by atoms with Gasteiger partial charge in [-0.05, 0) is 37.6 Å². The van der Waals surface area contributed by atoms with Gasteiger partial charge in [-0.2, -0.15) is 0 Å². The molecule has 1 atom stereocenters. The van der Waals surface area contributed by atoms with Crippen LogP contribution in [-0.2, 0) is 10.0 Å². The van der Waals surface area contributed by atoms with Crippen LogP contribution in [-0.4, -0.2) is 34.0 Å². The van der Waals surface area contributed by atoms with Crippen molar-refractivity contribution in [3.8, 4) is 5.75 Å². The van der Waals surface area contributed by atoms with Crippen LogP contribution < -0.4 is 15.2 Å². The summed E-state index contributed by atoms with van der Waals surface area (Å²) in [7, 11) is -3.61. The van der Waals surface area contributed by atoms with Crippen LogP contribution in [0.3, 0.4) is 0 Å². The summed E-state index contributed by atoms with van der Waals surface area (Å²) < 4.78 is 54.8. The molecule has 0 saturated heterocycles. The number of nitrogens with two attached hydrogens (primary N) is 1. The second-order valence-corrected chi connectivity index (χ2v) is 6.10. The predicted molar refractivity (Wildman–Crippen MR) is 78.6 cm³/mol. The number of hydrogen-bond acceptors (Lipinski definition) is 4. The maximum Gasteiger partial charge on any atom is 0.272 e. The van der Waals surface area contributed by atoms with Crippen molar-refractivity contribution in [2.24, 2.45) is 5.73 Å². The minimum absolute atomic E-state index is 0. The van der Waals surface area contributed by atoms with Gasteiger partial charge >= 0.3 is 0 Å². The van der Waals surface area contributed by atoms with Crippen LogP contribution in [0, 0.1) is 0 Å². The third kappa shape index (κ3) is 7.56. The highest BCUT2D eigenvalue weighted by Gasteiger charge is 2.13. The Balaban J connectivity index is 0.00000400. The van der Waals surface area contributed by atoms with Gasteiger partial charge in [-0.25, -0.2) is 21.9 Å². The molecule has 21 heavy (non-hydrogen) atoms. The van der Waals surface area contributed by atoms with Crippen molar-refractivity contribution in [2.45, 2.75) is 30.7 Å². The first kappa shape index (κ1) is 20.0. The molecule has 9 heteroatoms. The Kier molecular flexibility index (Phi) is 8.72. The van der Waals surface area contributed by atoms with E-state index in [-0.39, 0.29) is 35.6 Å². The Labute approximate surface area is 129 Å². The van der Waals surface area contributed by atoms with E-state index in [0.717, 1.165) is 0 Å². The van der Waals surface area contributed by atoms with E-state index in [0.29, 0.717) is 6.42 Å². The summed E-state index contributed by atoms with van der Waals surface area (Å²) in [5.41, 5.74) is 5.53. The van der Waals surface area contributed by atoms with Gasteiger partial charge in [-0.1, -0.05) is 0 Å². The van der Waals surface area contributed by atoms with Crippen molar-refractivity contribution >= 4 is 22.4 Å². The number of halogens is 3. The number of sulfonamides is 1. The fourth-order valence-corrected chi connectivity index (χ4v) is 2.43. The van der Waals surface area contributed by atoms with Gasteiger partial charge < -0.3 is 10.5 Å². The smallest absolute Gasteiger partial charge is 0.272 e. The number of alkyl halides is 2. The Morgan fingerprint density at radius 2 is 1.86 bits per heavy atom. The highest BCUT2D eigenvalue weighted by Crippen LogP contribution is 2.16. The minimum atomic E-state index is -3.61. The summed E-state index contributed by atoms with van der Waals surface area (Å²) in [4.78, 5) is 0.0478. The molecule has 5 nitrogen and oxygen atoms in total. The molecule has 0 bridgehead atoms. The molecule has 0 fully saturated rings. The second kappa shape index (κ2) is 9.14. The zero-order valence-electron chi connectivity index (χ0n) is 11.5. The monoisotopic (exact) mass is 344 g/mol. The van der Waals surface area contributed by atoms with Crippen molar-refractivity contribution in [3.05, 3.63) is 24.3 Å². The van der Waals surface area contributed by atoms with E-state index in [1.54, 1.807) is 6.92 Å². The summed E-state index contributed by atoms with van der Waals surface area (Å²) in [5, 5.41) is 0. The van der Waals surface area contributed by atoms with Crippen molar-refractivity contribution in [2.75, 3.05) is 13.2 Å². The summed E-state index contributed by atoms with van der Waals surface area (Å²) in [5.74, 6) is 0.194. The van der Waals surface area contributed by atoms with Crippen molar-refractivity contribution < 1.29 is 21.9 Å². The highest BCUT2D eigenvalue weighted by atomic mass is 35.5. The number of benzene rings is 1. The topological polar surface area (TPSA) is 81.4 Å². The van der Waals surface area contributed by atoms with Gasteiger partial charge in [0.15, 0.2) is 0 Å². The Hall–Kier alpha value is -0.960. The quantitative estimate of drug-likeness (QED) is 0.753. The van der Waals surface area contributed by atoms with Gasteiger partial charge in [-0.15, -0.1) is 12.4 Å². The molecule has 1 aromatic carbocycles. The molecule has 1 aromatic rings. The SMILES string of the molecule is CC(N)CCNS(=O)(=O)c1ccc(OCC(F)F)cc1.Cl. The van der Waals surface area contributed by atoms with Gasteiger partial charge in [0.25, 0.3) is 6.43 Å². The molecule has 1 rings (SSSR count). The molecule has 0 aromatic heterocycles. The van der Waals surface area contributed by atoms with Gasteiger partial charge in [-0.3, -0.25) is 0 Å². The lowest BCUT2D eigenvalue weighted by molar-refractivity contribution is 0.0819.